The summed E-state index contributed by atoms with van der Waals surface area (Å²) in [6.07, 6.45) is 3.47. The first-order valence-corrected chi connectivity index (χ1v) is 13.9. The van der Waals surface area contributed by atoms with Crippen molar-refractivity contribution in [3.63, 3.8) is 0 Å². The number of aromatic nitrogens is 4. The van der Waals surface area contributed by atoms with Crippen molar-refractivity contribution in [1.29, 1.82) is 0 Å². The summed E-state index contributed by atoms with van der Waals surface area (Å²) in [4.78, 5) is 37.1. The van der Waals surface area contributed by atoms with Crippen LogP contribution in [0.25, 0.3) is 11.2 Å². The largest absolute Gasteiger partial charge is 0.465 e. The van der Waals surface area contributed by atoms with Crippen molar-refractivity contribution < 1.29 is 28.4 Å². The molecule has 36 heavy (non-hydrogen) atoms. The molecule has 2 aromatic heterocycles. The maximum Gasteiger partial charge on any atom is 0.323 e. The van der Waals surface area contributed by atoms with Crippen molar-refractivity contribution in [3.05, 3.63) is 6.33 Å². The Bertz CT molecular complexity index is 1080. The van der Waals surface area contributed by atoms with Crippen molar-refractivity contribution in [1.82, 2.24) is 29.7 Å². The third-order valence-corrected chi connectivity index (χ3v) is 7.39. The maximum absolute atomic E-state index is 13.6. The number of carbonyl (C=O) groups is 2. The van der Waals surface area contributed by atoms with Crippen molar-refractivity contribution >= 4 is 42.3 Å². The second kappa shape index (κ2) is 12.4. The van der Waals surface area contributed by atoms with Crippen LogP contribution in [0, 0.1) is 0 Å². The molecule has 5 N–H and O–H groups in total. The molecule has 1 fully saturated rings. The van der Waals surface area contributed by atoms with E-state index in [0.29, 0.717) is 29.6 Å². The molecule has 1 aliphatic carbocycles. The molecule has 2 atom stereocenters. The van der Waals surface area contributed by atoms with E-state index in [9.17, 15) is 14.2 Å². The molecule has 200 valence electrons. The quantitative estimate of drug-likeness (QED) is 0.148. The zero-order chi connectivity index (χ0) is 26.3. The van der Waals surface area contributed by atoms with Crippen LogP contribution >= 0.6 is 7.44 Å². The van der Waals surface area contributed by atoms with E-state index in [1.54, 1.807) is 24.7 Å². The minimum Gasteiger partial charge on any atom is -0.465 e. The first-order chi connectivity index (χ1) is 17.2. The summed E-state index contributed by atoms with van der Waals surface area (Å²) in [6.45, 7) is 7.26. The first-order valence-electron chi connectivity index (χ1n) is 12.0. The summed E-state index contributed by atoms with van der Waals surface area (Å²) in [5.74, 6) is -0.409. The van der Waals surface area contributed by atoms with Crippen LogP contribution in [0.15, 0.2) is 6.33 Å². The Labute approximate surface area is 209 Å². The van der Waals surface area contributed by atoms with Gasteiger partial charge in [-0.25, -0.2) is 15.2 Å². The van der Waals surface area contributed by atoms with Gasteiger partial charge in [0.25, 0.3) is 0 Å². The number of esters is 2. The molecule has 0 bridgehead atoms. The Morgan fingerprint density at radius 1 is 1.14 bits per heavy atom. The van der Waals surface area contributed by atoms with Gasteiger partial charge in [0.2, 0.25) is 13.4 Å². The highest BCUT2D eigenvalue weighted by Crippen LogP contribution is 2.37. The van der Waals surface area contributed by atoms with Crippen LogP contribution < -0.4 is 21.2 Å². The number of nitrogens with one attached hydrogen (secondary N) is 3. The van der Waals surface area contributed by atoms with Crippen molar-refractivity contribution in [2.24, 2.45) is 0 Å². The summed E-state index contributed by atoms with van der Waals surface area (Å²) in [7, 11) is -3.57. The zero-order valence-corrected chi connectivity index (χ0v) is 21.9. The van der Waals surface area contributed by atoms with E-state index in [1.807, 2.05) is 0 Å². The minimum atomic E-state index is -3.57. The minimum absolute atomic E-state index is 0.132. The average molecular weight is 527 g/mol. The number of nitrogen functional groups attached to an aromatic ring is 1. The number of carbonyl (C=O) groups excluding carboxylic acids is 2. The van der Waals surface area contributed by atoms with E-state index in [2.05, 4.69) is 30.4 Å². The summed E-state index contributed by atoms with van der Waals surface area (Å²) in [5, 5.41) is 8.79. The Hall–Kier alpha value is -2.80. The lowest BCUT2D eigenvalue weighted by Gasteiger charge is -2.26. The van der Waals surface area contributed by atoms with E-state index in [4.69, 9.17) is 19.9 Å². The fraction of sp³-hybridized carbons (Fsp3) is 0.667. The fourth-order valence-electron chi connectivity index (χ4n) is 3.38. The number of anilines is 2. The first kappa shape index (κ1) is 27.8. The van der Waals surface area contributed by atoms with Crippen molar-refractivity contribution in [2.45, 2.75) is 65.2 Å². The summed E-state index contributed by atoms with van der Waals surface area (Å²) >= 11 is 0. The van der Waals surface area contributed by atoms with Gasteiger partial charge in [-0.1, -0.05) is 0 Å². The number of hydrogen-bond acceptors (Lipinski definition) is 11. The summed E-state index contributed by atoms with van der Waals surface area (Å²) < 4.78 is 31.0. The molecule has 15 heteroatoms. The molecule has 0 spiro atoms. The van der Waals surface area contributed by atoms with Crippen LogP contribution in [0.1, 0.15) is 40.5 Å². The lowest BCUT2D eigenvalue weighted by Crippen LogP contribution is -2.42. The predicted octanol–water partition coefficient (Wildman–Crippen LogP) is 1.23. The normalized spacial score (nSPS) is 16.8. The molecule has 0 saturated heterocycles. The molecular formula is C21H35N8O6P. The molecule has 0 amide bonds. The number of nitrogens with two attached hydrogens (primary N) is 1. The SMILES string of the molecule is CCOC(=O)C(C)NP(=O)(COCCn1cnc2c(NC3CC3)nc(N)nc21)NC(C)C(=O)OCC. The van der Waals surface area contributed by atoms with Gasteiger partial charge in [-0.3, -0.25) is 14.2 Å². The molecule has 0 aliphatic heterocycles. The number of nitrogens with zero attached hydrogens (tertiary/aromatic N) is 4. The van der Waals surface area contributed by atoms with Gasteiger partial charge in [0.05, 0.1) is 26.1 Å². The van der Waals surface area contributed by atoms with Crippen LogP contribution in [-0.4, -0.2) is 75.8 Å². The molecule has 2 unspecified atom stereocenters. The lowest BCUT2D eigenvalue weighted by atomic mass is 10.4. The smallest absolute Gasteiger partial charge is 0.323 e. The van der Waals surface area contributed by atoms with Gasteiger partial charge >= 0.3 is 11.9 Å². The highest BCUT2D eigenvalue weighted by atomic mass is 31.2. The number of ether oxygens (including phenoxy) is 3. The number of hydrogen-bond donors (Lipinski definition) is 4. The highest BCUT2D eigenvalue weighted by Gasteiger charge is 2.32. The number of rotatable bonds is 15. The van der Waals surface area contributed by atoms with Gasteiger partial charge in [-0.2, -0.15) is 9.97 Å². The second-order valence-electron chi connectivity index (χ2n) is 8.44. The van der Waals surface area contributed by atoms with Gasteiger partial charge in [0, 0.05) is 12.6 Å². The monoisotopic (exact) mass is 526 g/mol. The fourth-order valence-corrected chi connectivity index (χ4v) is 5.45. The molecule has 2 aromatic rings. The van der Waals surface area contributed by atoms with Gasteiger partial charge in [-0.15, -0.1) is 0 Å². The van der Waals surface area contributed by atoms with Crippen molar-refractivity contribution in [2.75, 3.05) is 37.2 Å². The molecule has 2 heterocycles. The van der Waals surface area contributed by atoms with Crippen LogP contribution in [-0.2, 0) is 34.9 Å². The van der Waals surface area contributed by atoms with E-state index < -0.39 is 31.5 Å². The molecule has 3 rings (SSSR count). The summed E-state index contributed by atoms with van der Waals surface area (Å²) in [6, 6.07) is -1.41. The van der Waals surface area contributed by atoms with Gasteiger partial charge in [0.1, 0.15) is 18.4 Å². The molecular weight excluding hydrogens is 491 g/mol. The van der Waals surface area contributed by atoms with Crippen molar-refractivity contribution in [3.8, 4) is 0 Å². The molecule has 1 aliphatic rings. The summed E-state index contributed by atoms with van der Waals surface area (Å²) in [5.41, 5.74) is 7.05. The Morgan fingerprint density at radius 3 is 2.31 bits per heavy atom. The average Bonchev–Trinajstić information content (AvgIpc) is 3.54. The molecule has 1 saturated carbocycles. The predicted molar refractivity (Wildman–Crippen MR) is 133 cm³/mol. The number of imidazole rings is 1. The van der Waals surface area contributed by atoms with E-state index in [1.165, 1.54) is 13.8 Å². The van der Waals surface area contributed by atoms with Crippen LogP contribution in [0.4, 0.5) is 11.8 Å². The molecule has 14 nitrogen and oxygen atoms in total. The van der Waals surface area contributed by atoms with Crippen LogP contribution in [0.2, 0.25) is 0 Å². The second-order valence-corrected chi connectivity index (χ2v) is 10.7. The van der Waals surface area contributed by atoms with Gasteiger partial charge < -0.3 is 29.8 Å². The number of fused-ring (bicyclic) bond motifs is 1. The third-order valence-electron chi connectivity index (χ3n) is 5.23. The molecule has 0 radical (unpaired) electrons. The maximum atomic E-state index is 13.6. The zero-order valence-electron chi connectivity index (χ0n) is 21.0. The van der Waals surface area contributed by atoms with E-state index >= 15 is 0 Å². The van der Waals surface area contributed by atoms with Crippen LogP contribution in [0.5, 0.6) is 0 Å². The van der Waals surface area contributed by atoms with Gasteiger partial charge in [-0.05, 0) is 40.5 Å². The van der Waals surface area contributed by atoms with Gasteiger partial charge in [0.15, 0.2) is 17.0 Å². The highest BCUT2D eigenvalue weighted by molar-refractivity contribution is 7.59. The topological polar surface area (TPSA) is 185 Å². The van der Waals surface area contributed by atoms with E-state index in [0.717, 1.165) is 12.8 Å². The van der Waals surface area contributed by atoms with E-state index in [-0.39, 0.29) is 32.1 Å². The Morgan fingerprint density at radius 2 is 1.75 bits per heavy atom. The van der Waals surface area contributed by atoms with Crippen LogP contribution in [0.3, 0.4) is 0 Å². The Balaban J connectivity index is 1.64. The third kappa shape index (κ3) is 7.60. The Kier molecular flexibility index (Phi) is 9.60. The standard InChI is InChI=1S/C21H35N8O6P/c1-5-34-19(30)13(3)27-36(32,28-14(4)20(31)35-6-2)12-33-10-9-29-11-23-16-17(24-15-7-8-15)25-21(22)26-18(16)29/h11,13-15H,5-10,12H2,1-4H3,(H2,27,28,32)(H3,22,24,25,26). The lowest BCUT2D eigenvalue weighted by molar-refractivity contribution is -0.145. The molecule has 0 aromatic carbocycles.